The second kappa shape index (κ2) is 6.73. The van der Waals surface area contributed by atoms with Crippen LogP contribution in [0.3, 0.4) is 0 Å². The lowest BCUT2D eigenvalue weighted by atomic mass is 10.0. The largest absolute Gasteiger partial charge is 0.466 e. The Kier molecular flexibility index (Phi) is 5.30. The maximum absolute atomic E-state index is 11.6. The van der Waals surface area contributed by atoms with E-state index >= 15 is 0 Å². The Morgan fingerprint density at radius 3 is 2.47 bits per heavy atom. The fourth-order valence-electron chi connectivity index (χ4n) is 1.65. The van der Waals surface area contributed by atoms with E-state index in [0.717, 1.165) is 16.7 Å². The summed E-state index contributed by atoms with van der Waals surface area (Å²) in [5.74, 6) is -0.934. The normalized spacial score (nSPS) is 11.1. The molecular formula is C15H18O4. The minimum Gasteiger partial charge on any atom is -0.466 e. The number of esters is 2. The van der Waals surface area contributed by atoms with E-state index < -0.39 is 11.9 Å². The number of rotatable bonds is 4. The molecule has 4 nitrogen and oxygen atoms in total. The van der Waals surface area contributed by atoms with Gasteiger partial charge in [-0.3, -0.25) is 4.79 Å². The lowest BCUT2D eigenvalue weighted by Gasteiger charge is -2.08. The molecule has 0 heterocycles. The van der Waals surface area contributed by atoms with E-state index in [0.29, 0.717) is 5.57 Å². The first-order valence-electron chi connectivity index (χ1n) is 5.93. The first-order chi connectivity index (χ1) is 8.93. The maximum Gasteiger partial charge on any atom is 0.337 e. The van der Waals surface area contributed by atoms with E-state index in [1.165, 1.54) is 14.0 Å². The summed E-state index contributed by atoms with van der Waals surface area (Å²) < 4.78 is 9.54. The highest BCUT2D eigenvalue weighted by Crippen LogP contribution is 2.15. The van der Waals surface area contributed by atoms with Crippen molar-refractivity contribution in [2.75, 3.05) is 13.7 Å². The van der Waals surface area contributed by atoms with Gasteiger partial charge in [-0.05, 0) is 31.1 Å². The second-order valence-corrected chi connectivity index (χ2v) is 4.30. The summed E-state index contributed by atoms with van der Waals surface area (Å²) in [6, 6.07) is 5.90. The van der Waals surface area contributed by atoms with Crippen molar-refractivity contribution in [3.05, 3.63) is 40.5 Å². The molecule has 0 saturated heterocycles. The van der Waals surface area contributed by atoms with Gasteiger partial charge in [0.2, 0.25) is 0 Å². The van der Waals surface area contributed by atoms with Crippen LogP contribution < -0.4 is 0 Å². The number of carbonyl (C=O) groups excluding carboxylic acids is 2. The monoisotopic (exact) mass is 262 g/mol. The molecule has 0 radical (unpaired) electrons. The number of hydrogen-bond acceptors (Lipinski definition) is 4. The third-order valence-corrected chi connectivity index (χ3v) is 2.63. The van der Waals surface area contributed by atoms with Crippen LogP contribution in [0.1, 0.15) is 23.6 Å². The minimum atomic E-state index is -0.499. The van der Waals surface area contributed by atoms with Crippen molar-refractivity contribution in [3.8, 4) is 0 Å². The zero-order chi connectivity index (χ0) is 14.4. The van der Waals surface area contributed by atoms with Crippen LogP contribution >= 0.6 is 0 Å². The molecule has 1 aromatic carbocycles. The van der Waals surface area contributed by atoms with Crippen LogP contribution in [0.5, 0.6) is 0 Å². The third kappa shape index (κ3) is 4.58. The van der Waals surface area contributed by atoms with Gasteiger partial charge in [-0.1, -0.05) is 23.8 Å². The standard InChI is InChI=1S/C15H18O4/c1-10-5-6-13(11(2)7-10)8-14(15(17)18-4)9-19-12(3)16/h5-8H,9H2,1-4H3/b14-8+. The Balaban J connectivity index is 3.04. The number of benzene rings is 1. The molecular weight excluding hydrogens is 244 g/mol. The van der Waals surface area contributed by atoms with Crippen LogP contribution in [0.2, 0.25) is 0 Å². The molecule has 0 aromatic heterocycles. The molecule has 0 aliphatic rings. The molecule has 0 bridgehead atoms. The van der Waals surface area contributed by atoms with Gasteiger partial charge in [0.05, 0.1) is 12.7 Å². The maximum atomic E-state index is 11.6. The van der Waals surface area contributed by atoms with Crippen LogP contribution in [0.25, 0.3) is 6.08 Å². The molecule has 0 fully saturated rings. The van der Waals surface area contributed by atoms with Crippen LogP contribution in [0.4, 0.5) is 0 Å². The molecule has 19 heavy (non-hydrogen) atoms. The Morgan fingerprint density at radius 1 is 1.26 bits per heavy atom. The van der Waals surface area contributed by atoms with E-state index in [2.05, 4.69) is 4.74 Å². The van der Waals surface area contributed by atoms with Crippen LogP contribution in [-0.2, 0) is 19.1 Å². The molecule has 1 aromatic rings. The summed E-state index contributed by atoms with van der Waals surface area (Å²) >= 11 is 0. The summed E-state index contributed by atoms with van der Waals surface area (Å²) in [7, 11) is 1.30. The van der Waals surface area contributed by atoms with Crippen molar-refractivity contribution in [3.63, 3.8) is 0 Å². The van der Waals surface area contributed by atoms with Gasteiger partial charge in [0.25, 0.3) is 0 Å². The SMILES string of the molecule is COC(=O)/C(=C/c1ccc(C)cc1C)COC(C)=O. The fraction of sp³-hybridized carbons (Fsp3) is 0.333. The van der Waals surface area contributed by atoms with E-state index in [4.69, 9.17) is 4.74 Å². The highest BCUT2D eigenvalue weighted by molar-refractivity contribution is 5.94. The zero-order valence-electron chi connectivity index (χ0n) is 11.6. The molecule has 4 heteroatoms. The second-order valence-electron chi connectivity index (χ2n) is 4.30. The summed E-state index contributed by atoms with van der Waals surface area (Å²) in [4.78, 5) is 22.4. The molecule has 102 valence electrons. The highest BCUT2D eigenvalue weighted by Gasteiger charge is 2.12. The van der Waals surface area contributed by atoms with Crippen molar-refractivity contribution in [2.24, 2.45) is 0 Å². The number of hydrogen-bond donors (Lipinski definition) is 0. The molecule has 0 spiro atoms. The van der Waals surface area contributed by atoms with Crippen LogP contribution in [0.15, 0.2) is 23.8 Å². The van der Waals surface area contributed by atoms with Crippen LogP contribution in [0, 0.1) is 13.8 Å². The van der Waals surface area contributed by atoms with E-state index in [1.54, 1.807) is 6.08 Å². The zero-order valence-corrected chi connectivity index (χ0v) is 11.6. The van der Waals surface area contributed by atoms with Gasteiger partial charge in [0.1, 0.15) is 6.61 Å². The van der Waals surface area contributed by atoms with E-state index in [1.807, 2.05) is 32.0 Å². The summed E-state index contributed by atoms with van der Waals surface area (Å²) in [5, 5.41) is 0. The molecule has 1 rings (SSSR count). The Labute approximate surface area is 113 Å². The summed E-state index contributed by atoms with van der Waals surface area (Å²) in [6.45, 7) is 5.17. The number of carbonyl (C=O) groups is 2. The Hall–Kier alpha value is -2.10. The van der Waals surface area contributed by atoms with E-state index in [9.17, 15) is 9.59 Å². The van der Waals surface area contributed by atoms with Crippen molar-refractivity contribution in [1.29, 1.82) is 0 Å². The molecule has 0 N–H and O–H groups in total. The highest BCUT2D eigenvalue weighted by atomic mass is 16.5. The van der Waals surface area contributed by atoms with Gasteiger partial charge in [-0.2, -0.15) is 0 Å². The summed E-state index contributed by atoms with van der Waals surface area (Å²) in [6.07, 6.45) is 1.68. The molecule has 0 atom stereocenters. The molecule has 0 aliphatic heterocycles. The molecule has 0 aliphatic carbocycles. The van der Waals surface area contributed by atoms with Gasteiger partial charge in [-0.25, -0.2) is 4.79 Å². The van der Waals surface area contributed by atoms with Crippen molar-refractivity contribution >= 4 is 18.0 Å². The lowest BCUT2D eigenvalue weighted by Crippen LogP contribution is -2.12. The van der Waals surface area contributed by atoms with Gasteiger partial charge < -0.3 is 9.47 Å². The topological polar surface area (TPSA) is 52.6 Å². The van der Waals surface area contributed by atoms with Gasteiger partial charge in [-0.15, -0.1) is 0 Å². The van der Waals surface area contributed by atoms with Crippen molar-refractivity contribution in [2.45, 2.75) is 20.8 Å². The molecule has 0 unspecified atom stereocenters. The quantitative estimate of drug-likeness (QED) is 0.617. The predicted octanol–water partition coefficient (Wildman–Crippen LogP) is 2.42. The smallest absolute Gasteiger partial charge is 0.337 e. The van der Waals surface area contributed by atoms with E-state index in [-0.39, 0.29) is 6.61 Å². The predicted molar refractivity (Wildman–Crippen MR) is 72.5 cm³/mol. The number of methoxy groups -OCH3 is 1. The first kappa shape index (κ1) is 15.0. The average Bonchev–Trinajstić information content (AvgIpc) is 2.35. The lowest BCUT2D eigenvalue weighted by molar-refractivity contribution is -0.141. The Morgan fingerprint density at radius 2 is 1.95 bits per heavy atom. The first-order valence-corrected chi connectivity index (χ1v) is 5.93. The fourth-order valence-corrected chi connectivity index (χ4v) is 1.65. The number of ether oxygens (including phenoxy) is 2. The molecule has 0 amide bonds. The molecule has 0 saturated carbocycles. The van der Waals surface area contributed by atoms with Crippen molar-refractivity contribution in [1.82, 2.24) is 0 Å². The minimum absolute atomic E-state index is 0.0880. The summed E-state index contributed by atoms with van der Waals surface area (Å²) in [5.41, 5.74) is 3.40. The average molecular weight is 262 g/mol. The Bertz CT molecular complexity index is 515. The van der Waals surface area contributed by atoms with Gasteiger partial charge >= 0.3 is 11.9 Å². The van der Waals surface area contributed by atoms with Crippen molar-refractivity contribution < 1.29 is 19.1 Å². The number of aryl methyl sites for hydroxylation is 2. The van der Waals surface area contributed by atoms with Crippen LogP contribution in [-0.4, -0.2) is 25.7 Å². The third-order valence-electron chi connectivity index (χ3n) is 2.63. The van der Waals surface area contributed by atoms with Gasteiger partial charge in [0, 0.05) is 6.92 Å². The van der Waals surface area contributed by atoms with Gasteiger partial charge in [0.15, 0.2) is 0 Å².